The quantitative estimate of drug-likeness (QED) is 0.705. The van der Waals surface area contributed by atoms with Crippen LogP contribution in [0.5, 0.6) is 0 Å². The standard InChI is InChI=1S/C17H16N2O/c1-11-3-4-14(9-12(11)2)16-10-20-17(19-16)13-5-7-15(18)8-6-13/h3-10H,18H2,1-2H3. The Bertz CT molecular complexity index is 742. The molecule has 2 N–H and O–H groups in total. The van der Waals surface area contributed by atoms with E-state index in [4.69, 9.17) is 10.2 Å². The van der Waals surface area contributed by atoms with Gasteiger partial charge in [-0.1, -0.05) is 12.1 Å². The molecule has 0 amide bonds. The molecule has 0 spiro atoms. The zero-order chi connectivity index (χ0) is 14.1. The molecule has 0 aliphatic carbocycles. The molecule has 100 valence electrons. The highest BCUT2D eigenvalue weighted by Crippen LogP contribution is 2.26. The Morgan fingerprint density at radius 2 is 1.60 bits per heavy atom. The van der Waals surface area contributed by atoms with Crippen molar-refractivity contribution in [1.82, 2.24) is 4.98 Å². The van der Waals surface area contributed by atoms with E-state index in [9.17, 15) is 0 Å². The van der Waals surface area contributed by atoms with Crippen LogP contribution in [-0.2, 0) is 0 Å². The highest BCUT2D eigenvalue weighted by Gasteiger charge is 2.08. The number of hydrogen-bond donors (Lipinski definition) is 1. The first kappa shape index (κ1) is 12.5. The smallest absolute Gasteiger partial charge is 0.226 e. The second-order valence-electron chi connectivity index (χ2n) is 4.96. The summed E-state index contributed by atoms with van der Waals surface area (Å²) in [7, 11) is 0. The number of nitrogen functional groups attached to an aromatic ring is 1. The second-order valence-corrected chi connectivity index (χ2v) is 4.96. The Hall–Kier alpha value is -2.55. The summed E-state index contributed by atoms with van der Waals surface area (Å²) in [6.45, 7) is 4.20. The molecule has 1 heterocycles. The van der Waals surface area contributed by atoms with Crippen molar-refractivity contribution in [3.05, 3.63) is 59.9 Å². The summed E-state index contributed by atoms with van der Waals surface area (Å²) >= 11 is 0. The Labute approximate surface area is 118 Å². The van der Waals surface area contributed by atoms with Crippen LogP contribution >= 0.6 is 0 Å². The molecule has 0 atom stereocenters. The average Bonchev–Trinajstić information content (AvgIpc) is 2.92. The number of nitrogens with zero attached hydrogens (tertiary/aromatic N) is 1. The van der Waals surface area contributed by atoms with Crippen LogP contribution in [0.25, 0.3) is 22.7 Å². The molecule has 0 bridgehead atoms. The molecular formula is C17H16N2O. The molecule has 0 aliphatic heterocycles. The van der Waals surface area contributed by atoms with Crippen LogP contribution in [0.4, 0.5) is 5.69 Å². The van der Waals surface area contributed by atoms with E-state index < -0.39 is 0 Å². The molecule has 2 aromatic carbocycles. The minimum atomic E-state index is 0.609. The summed E-state index contributed by atoms with van der Waals surface area (Å²) in [5.74, 6) is 0.609. The highest BCUT2D eigenvalue weighted by molar-refractivity contribution is 5.64. The van der Waals surface area contributed by atoms with E-state index in [-0.39, 0.29) is 0 Å². The highest BCUT2D eigenvalue weighted by atomic mass is 16.3. The van der Waals surface area contributed by atoms with Gasteiger partial charge in [0.15, 0.2) is 0 Å². The van der Waals surface area contributed by atoms with Crippen LogP contribution < -0.4 is 5.73 Å². The van der Waals surface area contributed by atoms with Gasteiger partial charge in [0, 0.05) is 16.8 Å². The van der Waals surface area contributed by atoms with Crippen molar-refractivity contribution in [3.8, 4) is 22.7 Å². The number of oxazole rings is 1. The van der Waals surface area contributed by atoms with Crippen LogP contribution in [0.3, 0.4) is 0 Å². The Balaban J connectivity index is 1.97. The van der Waals surface area contributed by atoms with Gasteiger partial charge in [-0.15, -0.1) is 0 Å². The zero-order valence-corrected chi connectivity index (χ0v) is 11.6. The topological polar surface area (TPSA) is 52.0 Å². The zero-order valence-electron chi connectivity index (χ0n) is 11.6. The van der Waals surface area contributed by atoms with Gasteiger partial charge in [-0.3, -0.25) is 0 Å². The van der Waals surface area contributed by atoms with Crippen molar-refractivity contribution in [1.29, 1.82) is 0 Å². The van der Waals surface area contributed by atoms with E-state index in [1.807, 2.05) is 24.3 Å². The van der Waals surface area contributed by atoms with Crippen molar-refractivity contribution >= 4 is 5.69 Å². The number of aryl methyl sites for hydroxylation is 2. The lowest BCUT2D eigenvalue weighted by Crippen LogP contribution is -1.85. The Morgan fingerprint density at radius 3 is 2.30 bits per heavy atom. The van der Waals surface area contributed by atoms with Crippen molar-refractivity contribution in [2.24, 2.45) is 0 Å². The van der Waals surface area contributed by atoms with Crippen LogP contribution in [0.2, 0.25) is 0 Å². The summed E-state index contributed by atoms with van der Waals surface area (Å²) in [6.07, 6.45) is 1.69. The van der Waals surface area contributed by atoms with Crippen molar-refractivity contribution in [3.63, 3.8) is 0 Å². The maximum atomic E-state index is 5.68. The average molecular weight is 264 g/mol. The van der Waals surface area contributed by atoms with E-state index in [1.165, 1.54) is 11.1 Å². The second kappa shape index (κ2) is 4.85. The summed E-state index contributed by atoms with van der Waals surface area (Å²) in [6, 6.07) is 13.8. The van der Waals surface area contributed by atoms with Crippen LogP contribution in [0.1, 0.15) is 11.1 Å². The first-order valence-electron chi connectivity index (χ1n) is 6.52. The van der Waals surface area contributed by atoms with Crippen LogP contribution in [0.15, 0.2) is 53.1 Å². The van der Waals surface area contributed by atoms with E-state index in [0.29, 0.717) is 5.89 Å². The predicted molar refractivity (Wildman–Crippen MR) is 81.3 cm³/mol. The first-order chi connectivity index (χ1) is 9.63. The van der Waals surface area contributed by atoms with Crippen molar-refractivity contribution in [2.75, 3.05) is 5.73 Å². The van der Waals surface area contributed by atoms with Gasteiger partial charge in [0.1, 0.15) is 12.0 Å². The number of hydrogen-bond acceptors (Lipinski definition) is 3. The van der Waals surface area contributed by atoms with Gasteiger partial charge in [-0.25, -0.2) is 4.98 Å². The number of nitrogens with two attached hydrogens (primary N) is 1. The minimum absolute atomic E-state index is 0.609. The number of aromatic nitrogens is 1. The molecule has 0 unspecified atom stereocenters. The predicted octanol–water partition coefficient (Wildman–Crippen LogP) is 4.21. The van der Waals surface area contributed by atoms with Crippen LogP contribution in [0, 0.1) is 13.8 Å². The fourth-order valence-electron chi connectivity index (χ4n) is 2.07. The third kappa shape index (κ3) is 2.30. The molecule has 3 aromatic rings. The van der Waals surface area contributed by atoms with Gasteiger partial charge < -0.3 is 10.2 Å². The lowest BCUT2D eigenvalue weighted by Gasteiger charge is -2.01. The molecular weight excluding hydrogens is 248 g/mol. The Morgan fingerprint density at radius 1 is 0.900 bits per heavy atom. The van der Waals surface area contributed by atoms with Gasteiger partial charge in [0.05, 0.1) is 0 Å². The lowest BCUT2D eigenvalue weighted by atomic mass is 10.1. The first-order valence-corrected chi connectivity index (χ1v) is 6.52. The molecule has 0 fully saturated rings. The molecule has 3 nitrogen and oxygen atoms in total. The van der Waals surface area contributed by atoms with Gasteiger partial charge in [0.2, 0.25) is 5.89 Å². The summed E-state index contributed by atoms with van der Waals surface area (Å²) in [5.41, 5.74) is 11.8. The largest absolute Gasteiger partial charge is 0.444 e. The normalized spacial score (nSPS) is 10.7. The van der Waals surface area contributed by atoms with Gasteiger partial charge in [-0.2, -0.15) is 0 Å². The number of anilines is 1. The molecule has 20 heavy (non-hydrogen) atoms. The molecule has 0 saturated carbocycles. The molecule has 3 rings (SSSR count). The number of benzene rings is 2. The summed E-state index contributed by atoms with van der Waals surface area (Å²) in [4.78, 5) is 4.54. The molecule has 3 heteroatoms. The fourth-order valence-corrected chi connectivity index (χ4v) is 2.07. The molecule has 1 aromatic heterocycles. The van der Waals surface area contributed by atoms with Crippen molar-refractivity contribution in [2.45, 2.75) is 13.8 Å². The summed E-state index contributed by atoms with van der Waals surface area (Å²) < 4.78 is 5.56. The third-order valence-electron chi connectivity index (χ3n) is 3.46. The third-order valence-corrected chi connectivity index (χ3v) is 3.46. The van der Waals surface area contributed by atoms with E-state index in [1.54, 1.807) is 6.26 Å². The minimum Gasteiger partial charge on any atom is -0.444 e. The maximum absolute atomic E-state index is 5.68. The van der Waals surface area contributed by atoms with Crippen LogP contribution in [-0.4, -0.2) is 4.98 Å². The van der Waals surface area contributed by atoms with E-state index >= 15 is 0 Å². The lowest BCUT2D eigenvalue weighted by molar-refractivity contribution is 0.575. The fraction of sp³-hybridized carbons (Fsp3) is 0.118. The maximum Gasteiger partial charge on any atom is 0.226 e. The van der Waals surface area contributed by atoms with E-state index in [2.05, 4.69) is 37.0 Å². The molecule has 0 radical (unpaired) electrons. The molecule has 0 aliphatic rings. The monoisotopic (exact) mass is 264 g/mol. The van der Waals surface area contributed by atoms with Gasteiger partial charge in [-0.05, 0) is 55.3 Å². The van der Waals surface area contributed by atoms with Crippen molar-refractivity contribution < 1.29 is 4.42 Å². The SMILES string of the molecule is Cc1ccc(-c2coc(-c3ccc(N)cc3)n2)cc1C. The Kier molecular flexibility index (Phi) is 3.03. The van der Waals surface area contributed by atoms with Gasteiger partial charge >= 0.3 is 0 Å². The van der Waals surface area contributed by atoms with Gasteiger partial charge in [0.25, 0.3) is 0 Å². The number of rotatable bonds is 2. The van der Waals surface area contributed by atoms with E-state index in [0.717, 1.165) is 22.5 Å². The summed E-state index contributed by atoms with van der Waals surface area (Å²) in [5, 5.41) is 0. The molecule has 0 saturated heterocycles.